The standard InChI is InChI=1S/C19H18N8/c20-7-14-8-22-17(9-21-14)25-18-10-26(13-23-18)15-1-3-16(4-2-15)27-11-19(12-27)5-6-24-19/h1-4,8-10,13,24H,5-6,11-12H2,(H,22,25). The molecule has 0 atom stereocenters. The molecule has 2 aromatic heterocycles. The molecule has 2 fully saturated rings. The average molecular weight is 358 g/mol. The van der Waals surface area contributed by atoms with Crippen molar-refractivity contribution in [2.75, 3.05) is 29.9 Å². The van der Waals surface area contributed by atoms with Crippen LogP contribution in [-0.4, -0.2) is 44.7 Å². The maximum Gasteiger partial charge on any atom is 0.158 e. The number of aromatic nitrogens is 4. The Kier molecular flexibility index (Phi) is 3.55. The van der Waals surface area contributed by atoms with Gasteiger partial charge < -0.3 is 20.1 Å². The van der Waals surface area contributed by atoms with E-state index >= 15 is 0 Å². The van der Waals surface area contributed by atoms with Crippen LogP contribution in [0.25, 0.3) is 5.69 Å². The molecule has 0 unspecified atom stereocenters. The highest BCUT2D eigenvalue weighted by atomic mass is 15.3. The zero-order chi connectivity index (χ0) is 18.3. The smallest absolute Gasteiger partial charge is 0.158 e. The largest absolute Gasteiger partial charge is 0.368 e. The van der Waals surface area contributed by atoms with Crippen molar-refractivity contribution in [3.05, 3.63) is 54.9 Å². The van der Waals surface area contributed by atoms with E-state index in [1.807, 2.05) is 16.8 Å². The molecule has 1 spiro atoms. The van der Waals surface area contributed by atoms with Gasteiger partial charge in [0.2, 0.25) is 0 Å². The fraction of sp³-hybridized carbons (Fsp3) is 0.263. The maximum absolute atomic E-state index is 8.77. The van der Waals surface area contributed by atoms with E-state index in [1.165, 1.54) is 24.5 Å². The van der Waals surface area contributed by atoms with Gasteiger partial charge >= 0.3 is 0 Å². The van der Waals surface area contributed by atoms with Crippen LogP contribution in [0, 0.1) is 11.3 Å². The van der Waals surface area contributed by atoms with E-state index in [0.717, 1.165) is 25.3 Å². The first-order valence-corrected chi connectivity index (χ1v) is 8.87. The van der Waals surface area contributed by atoms with Gasteiger partial charge in [-0.25, -0.2) is 15.0 Å². The zero-order valence-corrected chi connectivity index (χ0v) is 14.6. The van der Waals surface area contributed by atoms with Crippen molar-refractivity contribution >= 4 is 17.3 Å². The number of nitrogens with zero attached hydrogens (tertiary/aromatic N) is 6. The van der Waals surface area contributed by atoms with E-state index in [1.54, 1.807) is 6.33 Å². The maximum atomic E-state index is 8.77. The third-order valence-corrected chi connectivity index (χ3v) is 5.21. The summed E-state index contributed by atoms with van der Waals surface area (Å²) in [5, 5.41) is 15.4. The van der Waals surface area contributed by atoms with Crippen LogP contribution in [0.5, 0.6) is 0 Å². The van der Waals surface area contributed by atoms with Gasteiger partial charge in [-0.05, 0) is 37.2 Å². The highest BCUT2D eigenvalue weighted by Gasteiger charge is 2.47. The highest BCUT2D eigenvalue weighted by Crippen LogP contribution is 2.34. The van der Waals surface area contributed by atoms with Gasteiger partial charge in [0.1, 0.15) is 24.0 Å². The quantitative estimate of drug-likeness (QED) is 0.735. The zero-order valence-electron chi connectivity index (χ0n) is 14.6. The lowest BCUT2D eigenvalue weighted by Crippen LogP contribution is -2.75. The van der Waals surface area contributed by atoms with E-state index in [4.69, 9.17) is 5.26 Å². The van der Waals surface area contributed by atoms with Gasteiger partial charge in [-0.3, -0.25) is 0 Å². The minimum absolute atomic E-state index is 0.285. The molecule has 27 heavy (non-hydrogen) atoms. The monoisotopic (exact) mass is 358 g/mol. The molecule has 134 valence electrons. The lowest BCUT2D eigenvalue weighted by Gasteiger charge is -2.57. The molecule has 2 N–H and O–H groups in total. The summed E-state index contributed by atoms with van der Waals surface area (Å²) in [7, 11) is 0. The predicted molar refractivity (Wildman–Crippen MR) is 101 cm³/mol. The number of hydrogen-bond acceptors (Lipinski definition) is 7. The number of nitrogens with one attached hydrogen (secondary N) is 2. The first-order chi connectivity index (χ1) is 13.2. The fourth-order valence-electron chi connectivity index (χ4n) is 3.56. The molecule has 2 aliphatic rings. The number of benzene rings is 1. The van der Waals surface area contributed by atoms with Crippen LogP contribution < -0.4 is 15.5 Å². The number of imidazole rings is 1. The minimum atomic E-state index is 0.285. The lowest BCUT2D eigenvalue weighted by atomic mass is 9.80. The molecule has 0 bridgehead atoms. The number of hydrogen-bond donors (Lipinski definition) is 2. The molecule has 0 aliphatic carbocycles. The van der Waals surface area contributed by atoms with Crippen LogP contribution in [0.2, 0.25) is 0 Å². The minimum Gasteiger partial charge on any atom is -0.368 e. The molecule has 8 heteroatoms. The third-order valence-electron chi connectivity index (χ3n) is 5.21. The van der Waals surface area contributed by atoms with Gasteiger partial charge in [0.15, 0.2) is 5.69 Å². The topological polar surface area (TPSA) is 94.7 Å². The Labute approximate surface area is 156 Å². The molecule has 2 aliphatic heterocycles. The van der Waals surface area contributed by atoms with Gasteiger partial charge in [-0.1, -0.05) is 0 Å². The normalized spacial score (nSPS) is 17.1. The molecule has 0 amide bonds. The number of nitriles is 1. The van der Waals surface area contributed by atoms with Gasteiger partial charge in [-0.15, -0.1) is 0 Å². The van der Waals surface area contributed by atoms with Crippen molar-refractivity contribution in [3.8, 4) is 11.8 Å². The van der Waals surface area contributed by atoms with Crippen LogP contribution >= 0.6 is 0 Å². The molecular weight excluding hydrogens is 340 g/mol. The van der Waals surface area contributed by atoms with E-state index in [9.17, 15) is 0 Å². The van der Waals surface area contributed by atoms with Crippen molar-refractivity contribution < 1.29 is 0 Å². The summed E-state index contributed by atoms with van der Waals surface area (Å²) >= 11 is 0. The summed E-state index contributed by atoms with van der Waals surface area (Å²) in [5.41, 5.74) is 2.97. The molecule has 2 saturated heterocycles. The highest BCUT2D eigenvalue weighted by molar-refractivity contribution is 5.56. The van der Waals surface area contributed by atoms with Crippen LogP contribution in [-0.2, 0) is 0 Å². The van der Waals surface area contributed by atoms with E-state index in [-0.39, 0.29) is 5.69 Å². The second-order valence-corrected chi connectivity index (χ2v) is 7.02. The first-order valence-electron chi connectivity index (χ1n) is 8.87. The molecule has 1 aromatic carbocycles. The second-order valence-electron chi connectivity index (χ2n) is 7.02. The van der Waals surface area contributed by atoms with Crippen molar-refractivity contribution in [2.45, 2.75) is 12.0 Å². The Morgan fingerprint density at radius 1 is 1.04 bits per heavy atom. The lowest BCUT2D eigenvalue weighted by molar-refractivity contribution is 0.159. The summed E-state index contributed by atoms with van der Waals surface area (Å²) in [6.07, 6.45) is 7.88. The van der Waals surface area contributed by atoms with Crippen molar-refractivity contribution in [1.82, 2.24) is 24.8 Å². The Morgan fingerprint density at radius 3 is 2.44 bits per heavy atom. The Hall–Kier alpha value is -3.44. The number of anilines is 3. The third kappa shape index (κ3) is 2.88. The SMILES string of the molecule is N#Cc1cnc(Nc2cn(-c3ccc(N4CC5(CCN5)C4)cc3)cn2)cn1. The van der Waals surface area contributed by atoms with Crippen molar-refractivity contribution in [3.63, 3.8) is 0 Å². The average Bonchev–Trinajstić information content (AvgIpc) is 3.09. The van der Waals surface area contributed by atoms with E-state index in [0.29, 0.717) is 17.2 Å². The summed E-state index contributed by atoms with van der Waals surface area (Å²) in [4.78, 5) is 14.9. The first kappa shape index (κ1) is 15.8. The molecule has 0 saturated carbocycles. The molecule has 4 heterocycles. The van der Waals surface area contributed by atoms with Crippen molar-refractivity contribution in [2.24, 2.45) is 0 Å². The Bertz CT molecular complexity index is 987. The fourth-order valence-corrected chi connectivity index (χ4v) is 3.56. The van der Waals surface area contributed by atoms with E-state index in [2.05, 4.69) is 54.8 Å². The van der Waals surface area contributed by atoms with Gasteiger partial charge in [-0.2, -0.15) is 5.26 Å². The molecule has 8 nitrogen and oxygen atoms in total. The van der Waals surface area contributed by atoms with Gasteiger partial charge in [0.05, 0.1) is 24.1 Å². The van der Waals surface area contributed by atoms with Gasteiger partial charge in [0.25, 0.3) is 0 Å². The van der Waals surface area contributed by atoms with Crippen LogP contribution in [0.15, 0.2) is 49.2 Å². The molecule has 3 aromatic rings. The summed E-state index contributed by atoms with van der Waals surface area (Å²) in [5.74, 6) is 1.21. The van der Waals surface area contributed by atoms with Crippen LogP contribution in [0.3, 0.4) is 0 Å². The number of rotatable bonds is 4. The summed E-state index contributed by atoms with van der Waals surface area (Å²) in [6, 6.07) is 10.5. The van der Waals surface area contributed by atoms with Crippen LogP contribution in [0.4, 0.5) is 17.3 Å². The summed E-state index contributed by atoms with van der Waals surface area (Å²) in [6.45, 7) is 3.34. The molecule has 5 rings (SSSR count). The Morgan fingerprint density at radius 2 is 1.81 bits per heavy atom. The van der Waals surface area contributed by atoms with Gasteiger partial charge in [0, 0.05) is 24.5 Å². The molecular formula is C19H18N8. The predicted octanol–water partition coefficient (Wildman–Crippen LogP) is 1.83. The molecule has 0 radical (unpaired) electrons. The van der Waals surface area contributed by atoms with Crippen molar-refractivity contribution in [1.29, 1.82) is 5.26 Å². The Balaban J connectivity index is 1.26. The van der Waals surface area contributed by atoms with E-state index < -0.39 is 0 Å². The summed E-state index contributed by atoms with van der Waals surface area (Å²) < 4.78 is 1.95. The second kappa shape index (κ2) is 6.07. The van der Waals surface area contributed by atoms with Crippen LogP contribution in [0.1, 0.15) is 12.1 Å².